The zero-order valence-electron chi connectivity index (χ0n) is 15.1. The van der Waals surface area contributed by atoms with Crippen LogP contribution in [0, 0.1) is 0 Å². The number of rotatable bonds is 3. The van der Waals surface area contributed by atoms with Gasteiger partial charge in [-0.05, 0) is 62.3 Å². The number of fused-ring (bicyclic) bond motifs is 2. The third-order valence-corrected chi connectivity index (χ3v) is 6.94. The minimum Gasteiger partial charge on any atom is -0.384 e. The summed E-state index contributed by atoms with van der Waals surface area (Å²) >= 11 is 1.52. The largest absolute Gasteiger partial charge is 0.384 e. The van der Waals surface area contributed by atoms with E-state index in [-0.39, 0.29) is 11.9 Å². The zero-order chi connectivity index (χ0) is 18.4. The van der Waals surface area contributed by atoms with Crippen LogP contribution in [0.3, 0.4) is 0 Å². The molecule has 6 heteroatoms. The maximum Gasteiger partial charge on any atom is 0.270 e. The third kappa shape index (κ3) is 2.97. The summed E-state index contributed by atoms with van der Waals surface area (Å²) in [5.74, 6) is 0.00654. The van der Waals surface area contributed by atoms with Gasteiger partial charge in [0.05, 0.1) is 16.3 Å². The molecule has 0 spiro atoms. The van der Waals surface area contributed by atoms with Crippen LogP contribution in [0.15, 0.2) is 30.3 Å². The molecule has 1 aromatic carbocycles. The third-order valence-electron chi connectivity index (χ3n) is 5.83. The first-order chi connectivity index (χ1) is 13.2. The van der Waals surface area contributed by atoms with Gasteiger partial charge in [0.1, 0.15) is 16.8 Å². The van der Waals surface area contributed by atoms with Gasteiger partial charge in [0.25, 0.3) is 5.91 Å². The van der Waals surface area contributed by atoms with Crippen molar-refractivity contribution < 1.29 is 9.90 Å². The van der Waals surface area contributed by atoms with Gasteiger partial charge < -0.3 is 15.0 Å². The Morgan fingerprint density at radius 2 is 2.11 bits per heavy atom. The number of amides is 1. The number of aromatic amines is 1. The van der Waals surface area contributed by atoms with E-state index in [0.717, 1.165) is 35.9 Å². The number of hydrogen-bond acceptors (Lipinski definition) is 4. The number of aliphatic hydroxyl groups is 1. The highest BCUT2D eigenvalue weighted by molar-refractivity contribution is 7.18. The van der Waals surface area contributed by atoms with Crippen molar-refractivity contribution in [3.8, 4) is 0 Å². The lowest BCUT2D eigenvalue weighted by Gasteiger charge is -2.27. The standard InChI is InChI=1S/C21H23N3O2S/c25-19(20-23-15-8-3-4-10-18(15)27-20)17-9-5-11-24(17)21(26)16-12-13-6-1-2-7-14(13)22-16/h3-4,8,10,12,17,19,22,25H,1-2,5-7,9,11H2/t17-,19-/m0/s1. The first kappa shape index (κ1) is 17.0. The van der Waals surface area contributed by atoms with Crippen molar-refractivity contribution in [1.82, 2.24) is 14.9 Å². The van der Waals surface area contributed by atoms with Crippen LogP contribution in [-0.4, -0.2) is 38.5 Å². The minimum atomic E-state index is -0.738. The van der Waals surface area contributed by atoms with Crippen LogP contribution in [0.25, 0.3) is 10.2 Å². The average Bonchev–Trinajstić information content (AvgIpc) is 3.43. The van der Waals surface area contributed by atoms with Gasteiger partial charge in [0.2, 0.25) is 0 Å². The number of benzene rings is 1. The Morgan fingerprint density at radius 3 is 2.96 bits per heavy atom. The molecule has 2 atom stereocenters. The van der Waals surface area contributed by atoms with Crippen molar-refractivity contribution in [1.29, 1.82) is 0 Å². The molecule has 0 bridgehead atoms. The summed E-state index contributed by atoms with van der Waals surface area (Å²) in [5.41, 5.74) is 4.08. The molecule has 1 amide bonds. The van der Waals surface area contributed by atoms with Gasteiger partial charge in [-0.2, -0.15) is 0 Å². The van der Waals surface area contributed by atoms with E-state index in [1.54, 1.807) is 0 Å². The second kappa shape index (κ2) is 6.77. The predicted molar refractivity (Wildman–Crippen MR) is 106 cm³/mol. The second-order valence-corrected chi connectivity index (χ2v) is 8.63. The average molecular weight is 382 g/mol. The number of para-hydroxylation sites is 1. The van der Waals surface area contributed by atoms with E-state index in [9.17, 15) is 9.90 Å². The fraction of sp³-hybridized carbons (Fsp3) is 0.429. The van der Waals surface area contributed by atoms with E-state index in [1.807, 2.05) is 35.2 Å². The van der Waals surface area contributed by atoms with Crippen LogP contribution in [-0.2, 0) is 12.8 Å². The summed E-state index contributed by atoms with van der Waals surface area (Å²) in [6, 6.07) is 9.73. The molecule has 1 saturated heterocycles. The number of aryl methyl sites for hydroxylation is 2. The second-order valence-electron chi connectivity index (χ2n) is 7.57. The number of aromatic nitrogens is 2. The molecule has 140 valence electrons. The zero-order valence-corrected chi connectivity index (χ0v) is 16.0. The molecule has 5 rings (SSSR count). The molecule has 2 aromatic heterocycles. The van der Waals surface area contributed by atoms with E-state index in [0.29, 0.717) is 17.2 Å². The van der Waals surface area contributed by atoms with Crippen molar-refractivity contribution in [3.63, 3.8) is 0 Å². The van der Waals surface area contributed by atoms with Crippen molar-refractivity contribution in [2.45, 2.75) is 50.7 Å². The quantitative estimate of drug-likeness (QED) is 0.724. The summed E-state index contributed by atoms with van der Waals surface area (Å²) < 4.78 is 1.07. The number of nitrogens with one attached hydrogen (secondary N) is 1. The van der Waals surface area contributed by atoms with E-state index in [4.69, 9.17) is 0 Å². The Kier molecular flexibility index (Phi) is 4.25. The highest BCUT2D eigenvalue weighted by Gasteiger charge is 2.37. The van der Waals surface area contributed by atoms with E-state index in [1.165, 1.54) is 35.4 Å². The molecule has 3 heterocycles. The van der Waals surface area contributed by atoms with Crippen molar-refractivity contribution in [2.24, 2.45) is 0 Å². The smallest absolute Gasteiger partial charge is 0.270 e. The Morgan fingerprint density at radius 1 is 1.26 bits per heavy atom. The van der Waals surface area contributed by atoms with Crippen LogP contribution < -0.4 is 0 Å². The van der Waals surface area contributed by atoms with Gasteiger partial charge in [-0.1, -0.05) is 12.1 Å². The van der Waals surface area contributed by atoms with Crippen molar-refractivity contribution >= 4 is 27.5 Å². The van der Waals surface area contributed by atoms with Gasteiger partial charge in [-0.15, -0.1) is 11.3 Å². The summed E-state index contributed by atoms with van der Waals surface area (Å²) in [4.78, 5) is 22.9. The maximum atomic E-state index is 13.1. The van der Waals surface area contributed by atoms with E-state index >= 15 is 0 Å². The summed E-state index contributed by atoms with van der Waals surface area (Å²) in [6.45, 7) is 0.690. The summed E-state index contributed by atoms with van der Waals surface area (Å²) in [6.07, 6.45) is 5.45. The molecule has 3 aromatic rings. The summed E-state index contributed by atoms with van der Waals surface area (Å²) in [7, 11) is 0. The number of carbonyl (C=O) groups excluding carboxylic acids is 1. The van der Waals surface area contributed by atoms with Crippen LogP contribution in [0.4, 0.5) is 0 Å². The molecule has 2 aliphatic rings. The Hall–Kier alpha value is -2.18. The van der Waals surface area contributed by atoms with Crippen LogP contribution >= 0.6 is 11.3 Å². The number of aliphatic hydroxyl groups excluding tert-OH is 1. The van der Waals surface area contributed by atoms with Gasteiger partial charge in [-0.25, -0.2) is 4.98 Å². The molecule has 2 N–H and O–H groups in total. The lowest BCUT2D eigenvalue weighted by atomic mass is 9.98. The van der Waals surface area contributed by atoms with Crippen molar-refractivity contribution in [2.75, 3.05) is 6.54 Å². The number of likely N-dealkylation sites (tertiary alicyclic amines) is 1. The SMILES string of the molecule is O=C(c1cc2c([nH]1)CCCC2)N1CCC[C@H]1[C@H](O)c1nc2ccccc2s1. The predicted octanol–water partition coefficient (Wildman–Crippen LogP) is 3.84. The van der Waals surface area contributed by atoms with Crippen LogP contribution in [0.1, 0.15) is 58.5 Å². The molecule has 1 aliphatic heterocycles. The van der Waals surface area contributed by atoms with Gasteiger partial charge >= 0.3 is 0 Å². The molecule has 1 aliphatic carbocycles. The highest BCUT2D eigenvalue weighted by atomic mass is 32.1. The Bertz CT molecular complexity index is 936. The van der Waals surface area contributed by atoms with Crippen molar-refractivity contribution in [3.05, 3.63) is 52.3 Å². The van der Waals surface area contributed by atoms with Gasteiger partial charge in [-0.3, -0.25) is 4.79 Å². The van der Waals surface area contributed by atoms with Crippen LogP contribution in [0.5, 0.6) is 0 Å². The molecule has 5 nitrogen and oxygen atoms in total. The highest BCUT2D eigenvalue weighted by Crippen LogP contribution is 2.35. The fourth-order valence-electron chi connectivity index (χ4n) is 4.43. The number of thiazole rings is 1. The number of carbonyl (C=O) groups is 1. The van der Waals surface area contributed by atoms with E-state index < -0.39 is 6.10 Å². The molecular formula is C21H23N3O2S. The minimum absolute atomic E-state index is 0.00654. The normalized spacial score (nSPS) is 20.8. The number of H-pyrrole nitrogens is 1. The maximum absolute atomic E-state index is 13.1. The monoisotopic (exact) mass is 381 g/mol. The first-order valence-corrected chi connectivity index (χ1v) is 10.6. The van der Waals surface area contributed by atoms with E-state index in [2.05, 4.69) is 9.97 Å². The van der Waals surface area contributed by atoms with Crippen LogP contribution in [0.2, 0.25) is 0 Å². The first-order valence-electron chi connectivity index (χ1n) is 9.76. The van der Waals surface area contributed by atoms with Gasteiger partial charge in [0, 0.05) is 12.2 Å². The topological polar surface area (TPSA) is 69.2 Å². The Balaban J connectivity index is 1.40. The Labute approximate surface area is 162 Å². The number of nitrogens with zero attached hydrogens (tertiary/aromatic N) is 2. The lowest BCUT2D eigenvalue weighted by Crippen LogP contribution is -2.39. The number of hydrogen-bond donors (Lipinski definition) is 2. The molecule has 0 saturated carbocycles. The molecule has 1 fully saturated rings. The molecule has 27 heavy (non-hydrogen) atoms. The molecule has 0 radical (unpaired) electrons. The fourth-order valence-corrected chi connectivity index (χ4v) is 5.44. The summed E-state index contributed by atoms with van der Waals surface area (Å²) in [5, 5.41) is 11.7. The molecule has 0 unspecified atom stereocenters. The molecular weight excluding hydrogens is 358 g/mol. The lowest BCUT2D eigenvalue weighted by molar-refractivity contribution is 0.0482. The van der Waals surface area contributed by atoms with Gasteiger partial charge in [0.15, 0.2) is 0 Å².